The van der Waals surface area contributed by atoms with Crippen LogP contribution in [0.1, 0.15) is 113 Å². The normalized spacial score (nSPS) is 14.0. The number of benzene rings is 4. The third-order valence-electron chi connectivity index (χ3n) is 18.0. The lowest BCUT2D eigenvalue weighted by Crippen LogP contribution is -2.61. The molecule has 0 radical (unpaired) electrons. The van der Waals surface area contributed by atoms with E-state index in [9.17, 15) is 33.6 Å². The summed E-state index contributed by atoms with van der Waals surface area (Å²) in [5.41, 5.74) is 45.8. The molecular weight excluding hydrogens is 1330 g/mol. The average molecular weight is 1430 g/mol. The van der Waals surface area contributed by atoms with E-state index in [1.54, 1.807) is 48.9 Å². The standard InChI is InChI=1S/C74H104N20O10/c1-44(2)35-60(86-64(95)40-78)70(101)94-63(39-48-43-85-54-26-11-8-23-51(48)54)73(104)90-56(28-13-16-32-76)67(98)88-58(30-18-34-82-74(80)81)69(100)93-62(38-47-42-84-53-25-10-7-22-50(47)53)72(103)89-55(27-12-15-31-75)66(97)87-57(29-14-17-33-77)68(99)92-61(36-45-19-4-3-5-20-45)71(102)91-59(65(79)96)37-46-41-83-52-24-9-6-21-49(46)52/h3-11,19-26,41-44,55-63,83-85H,12-18,27-40,75-78H2,1-2H3,(H2,79,96)(H,86,95)(H,87,97)(H,88,98)(H,89,103)(H,90,104)(H,91,102)(H,92,99)(H,93,100)(H,94,101)(H4,80,81,82)/t55-,56-,57-,58-,59-,60-,61-,62-,63-/m0/s1. The number of hydrogen-bond donors (Lipinski definition) is 19. The lowest BCUT2D eigenvalue weighted by atomic mass is 10.00. The van der Waals surface area contributed by atoms with Gasteiger partial charge in [-0.1, -0.05) is 98.8 Å². The maximum Gasteiger partial charge on any atom is 0.243 e. The summed E-state index contributed by atoms with van der Waals surface area (Å²) in [5, 5.41) is 27.7. The highest BCUT2D eigenvalue weighted by atomic mass is 16.2. The predicted octanol–water partition coefficient (Wildman–Crippen LogP) is 0.695. The summed E-state index contributed by atoms with van der Waals surface area (Å²) in [5.74, 6) is -7.82. The van der Waals surface area contributed by atoms with Crippen molar-refractivity contribution in [2.75, 3.05) is 32.7 Å². The van der Waals surface area contributed by atoms with Crippen LogP contribution in [-0.2, 0) is 73.6 Å². The molecule has 3 aromatic heterocycles. The number of carbonyl (C=O) groups excluding carboxylic acids is 10. The molecule has 0 aliphatic rings. The van der Waals surface area contributed by atoms with Gasteiger partial charge in [0.05, 0.1) is 6.54 Å². The van der Waals surface area contributed by atoms with E-state index in [1.165, 1.54) is 0 Å². The number of aromatic nitrogens is 3. The van der Waals surface area contributed by atoms with Crippen molar-refractivity contribution in [3.8, 4) is 0 Å². The highest BCUT2D eigenvalue weighted by Crippen LogP contribution is 2.23. The minimum atomic E-state index is -1.46. The Labute approximate surface area is 604 Å². The molecule has 26 N–H and O–H groups in total. The van der Waals surface area contributed by atoms with Crippen LogP contribution in [0.25, 0.3) is 32.7 Å². The monoisotopic (exact) mass is 1430 g/mol. The lowest BCUT2D eigenvalue weighted by Gasteiger charge is -2.28. The Hall–Kier alpha value is -10.7. The van der Waals surface area contributed by atoms with Crippen LogP contribution < -0.4 is 88.0 Å². The largest absolute Gasteiger partial charge is 0.370 e. The maximum atomic E-state index is 15.3. The smallest absolute Gasteiger partial charge is 0.243 e. The highest BCUT2D eigenvalue weighted by Gasteiger charge is 2.37. The van der Waals surface area contributed by atoms with Crippen molar-refractivity contribution in [3.63, 3.8) is 0 Å². The number of hydrogen-bond acceptors (Lipinski definition) is 15. The Morgan fingerprint density at radius 1 is 0.365 bits per heavy atom. The third-order valence-corrected chi connectivity index (χ3v) is 18.0. The summed E-state index contributed by atoms with van der Waals surface area (Å²) < 4.78 is 0. The van der Waals surface area contributed by atoms with Crippen molar-refractivity contribution in [1.29, 1.82) is 0 Å². The summed E-state index contributed by atoms with van der Waals surface area (Å²) >= 11 is 0. The topological polar surface area (TPSA) is 521 Å². The average Bonchev–Trinajstić information content (AvgIpc) is 1.64. The highest BCUT2D eigenvalue weighted by molar-refractivity contribution is 6.00. The van der Waals surface area contributed by atoms with Gasteiger partial charge in [0.1, 0.15) is 54.4 Å². The number of aromatic amines is 3. The van der Waals surface area contributed by atoms with Crippen molar-refractivity contribution in [2.24, 2.45) is 51.0 Å². The van der Waals surface area contributed by atoms with Crippen LogP contribution in [0.2, 0.25) is 0 Å². The number of nitrogens with two attached hydrogens (primary N) is 7. The number of nitrogens with zero attached hydrogens (tertiary/aromatic N) is 1. The molecule has 7 aromatic rings. The Bertz CT molecular complexity index is 4020. The van der Waals surface area contributed by atoms with E-state index in [1.807, 2.05) is 86.6 Å². The SMILES string of the molecule is CC(C)C[C@H](NC(=O)CN)C(=O)N[C@@H](Cc1c[nH]c2ccccc12)C(=O)N[C@@H](CCCCN)C(=O)N[C@@H](CCCN=C(N)N)C(=O)N[C@@H](Cc1c[nH]c2ccccc12)C(=O)N[C@@H](CCCCN)C(=O)N[C@@H](CCCCN)C(=O)N[C@@H](Cc1ccccc1)C(=O)N[C@@H](Cc1c[nH]c2ccccc12)C(N)=O. The molecule has 0 saturated carbocycles. The molecule has 10 amide bonds. The van der Waals surface area contributed by atoms with Crippen LogP contribution >= 0.6 is 0 Å². The first kappa shape index (κ1) is 80.6. The summed E-state index contributed by atoms with van der Waals surface area (Å²) in [6.45, 7) is 4.11. The van der Waals surface area contributed by atoms with E-state index >= 15 is 14.4 Å². The van der Waals surface area contributed by atoms with Gasteiger partial charge in [0, 0.05) is 83.5 Å². The van der Waals surface area contributed by atoms with Gasteiger partial charge >= 0.3 is 0 Å². The number of fused-ring (bicyclic) bond motifs is 3. The van der Waals surface area contributed by atoms with Crippen molar-refractivity contribution < 1.29 is 47.9 Å². The van der Waals surface area contributed by atoms with Crippen LogP contribution in [0.15, 0.2) is 127 Å². The first-order chi connectivity index (χ1) is 50.1. The minimum absolute atomic E-state index is 0.0140. The summed E-state index contributed by atoms with van der Waals surface area (Å²) in [6, 6.07) is 19.3. The Kier molecular flexibility index (Phi) is 32.1. The van der Waals surface area contributed by atoms with Crippen molar-refractivity contribution in [3.05, 3.63) is 144 Å². The zero-order valence-electron chi connectivity index (χ0n) is 59.2. The summed E-state index contributed by atoms with van der Waals surface area (Å²) in [6.07, 6.45) is 7.59. The molecule has 560 valence electrons. The molecular formula is C74H104N20O10. The van der Waals surface area contributed by atoms with Gasteiger partial charge in [-0.15, -0.1) is 0 Å². The molecule has 104 heavy (non-hydrogen) atoms. The molecule has 0 aliphatic carbocycles. The van der Waals surface area contributed by atoms with E-state index in [4.69, 9.17) is 40.1 Å². The van der Waals surface area contributed by atoms with E-state index in [-0.39, 0.29) is 109 Å². The molecule has 9 atom stereocenters. The molecule has 30 heteroatoms. The zero-order chi connectivity index (χ0) is 75.1. The second kappa shape index (κ2) is 41.4. The Balaban J connectivity index is 1.17. The Morgan fingerprint density at radius 2 is 0.683 bits per heavy atom. The molecule has 0 saturated heterocycles. The fraction of sp³-hybridized carbons (Fsp3) is 0.446. The second-order valence-corrected chi connectivity index (χ2v) is 26.5. The van der Waals surface area contributed by atoms with Gasteiger partial charge in [-0.25, -0.2) is 0 Å². The van der Waals surface area contributed by atoms with Crippen molar-refractivity contribution in [1.82, 2.24) is 62.8 Å². The number of nitrogens with one attached hydrogen (secondary N) is 12. The molecule has 4 aromatic carbocycles. The van der Waals surface area contributed by atoms with Gasteiger partial charge < -0.3 is 103 Å². The molecule has 0 unspecified atom stereocenters. The van der Waals surface area contributed by atoms with Crippen LogP contribution in [0.4, 0.5) is 0 Å². The van der Waals surface area contributed by atoms with Crippen LogP contribution in [0.3, 0.4) is 0 Å². The first-order valence-corrected chi connectivity index (χ1v) is 35.7. The number of unbranched alkanes of at least 4 members (excludes halogenated alkanes) is 3. The fourth-order valence-corrected chi connectivity index (χ4v) is 12.5. The van der Waals surface area contributed by atoms with Gasteiger partial charge in [0.2, 0.25) is 59.1 Å². The summed E-state index contributed by atoms with van der Waals surface area (Å²) in [7, 11) is 0. The number of guanidine groups is 1. The van der Waals surface area contributed by atoms with Gasteiger partial charge in [0.15, 0.2) is 5.96 Å². The molecule has 30 nitrogen and oxygen atoms in total. The number of primary amides is 1. The van der Waals surface area contributed by atoms with Gasteiger partial charge in [-0.3, -0.25) is 52.9 Å². The van der Waals surface area contributed by atoms with Crippen molar-refractivity contribution >= 4 is 97.7 Å². The lowest BCUT2D eigenvalue weighted by molar-refractivity contribution is -0.136. The number of para-hydroxylation sites is 3. The van der Waals surface area contributed by atoms with Crippen molar-refractivity contribution in [2.45, 2.75) is 171 Å². The molecule has 0 fully saturated rings. The van der Waals surface area contributed by atoms with E-state index < -0.39 is 113 Å². The zero-order valence-corrected chi connectivity index (χ0v) is 59.2. The quantitative estimate of drug-likeness (QED) is 0.0142. The predicted molar refractivity (Wildman–Crippen MR) is 400 cm³/mol. The number of amides is 10. The molecule has 7 rings (SSSR count). The van der Waals surface area contributed by atoms with Crippen LogP contribution in [0, 0.1) is 5.92 Å². The van der Waals surface area contributed by atoms with Gasteiger partial charge in [-0.2, -0.15) is 0 Å². The van der Waals surface area contributed by atoms with Gasteiger partial charge in [-0.05, 0) is 143 Å². The van der Waals surface area contributed by atoms with Gasteiger partial charge in [0.25, 0.3) is 0 Å². The van der Waals surface area contributed by atoms with E-state index in [0.717, 1.165) is 38.3 Å². The minimum Gasteiger partial charge on any atom is -0.370 e. The Morgan fingerprint density at radius 3 is 1.04 bits per heavy atom. The second-order valence-electron chi connectivity index (χ2n) is 26.5. The first-order valence-electron chi connectivity index (χ1n) is 35.7. The number of H-pyrrole nitrogens is 3. The molecule has 3 heterocycles. The number of rotatable bonds is 45. The fourth-order valence-electron chi connectivity index (χ4n) is 12.5. The molecule has 0 spiro atoms. The third kappa shape index (κ3) is 24.8. The van der Waals surface area contributed by atoms with Crippen LogP contribution in [0.5, 0.6) is 0 Å². The van der Waals surface area contributed by atoms with E-state index in [0.29, 0.717) is 55.2 Å². The molecule has 0 aliphatic heterocycles. The number of aliphatic imine (C=N–C) groups is 1. The maximum absolute atomic E-state index is 15.3. The van der Waals surface area contributed by atoms with E-state index in [2.05, 4.69) is 67.8 Å². The summed E-state index contributed by atoms with van der Waals surface area (Å²) in [4.78, 5) is 158. The molecule has 0 bridgehead atoms. The van der Waals surface area contributed by atoms with Crippen LogP contribution in [-0.4, -0.2) is 167 Å². The number of carbonyl (C=O) groups is 10.